The monoisotopic (exact) mass is 286 g/mol. The van der Waals surface area contributed by atoms with Gasteiger partial charge in [0.1, 0.15) is 5.52 Å². The van der Waals surface area contributed by atoms with Crippen molar-refractivity contribution >= 4 is 16.8 Å². The van der Waals surface area contributed by atoms with Crippen molar-refractivity contribution in [1.29, 1.82) is 0 Å². The summed E-state index contributed by atoms with van der Waals surface area (Å²) in [5.41, 5.74) is 3.42. The van der Waals surface area contributed by atoms with Gasteiger partial charge in [-0.15, -0.1) is 0 Å². The molecule has 0 spiro atoms. The van der Waals surface area contributed by atoms with E-state index in [0.717, 1.165) is 28.6 Å². The van der Waals surface area contributed by atoms with Crippen LogP contribution in [0.3, 0.4) is 0 Å². The third-order valence-corrected chi connectivity index (χ3v) is 4.82. The highest BCUT2D eigenvalue weighted by Crippen LogP contribution is 2.38. The molecule has 1 saturated carbocycles. The Morgan fingerprint density at radius 3 is 2.52 bits per heavy atom. The number of rotatable bonds is 2. The first-order chi connectivity index (χ1) is 9.91. The van der Waals surface area contributed by atoms with Gasteiger partial charge < -0.3 is 9.73 Å². The van der Waals surface area contributed by atoms with E-state index < -0.39 is 0 Å². The molecular formula is C18H26N2O. The Morgan fingerprint density at radius 2 is 1.86 bits per heavy atom. The van der Waals surface area contributed by atoms with Crippen LogP contribution in [0.15, 0.2) is 22.6 Å². The van der Waals surface area contributed by atoms with Crippen molar-refractivity contribution in [3.8, 4) is 0 Å². The summed E-state index contributed by atoms with van der Waals surface area (Å²) in [5.74, 6) is 1.59. The van der Waals surface area contributed by atoms with Gasteiger partial charge in [-0.05, 0) is 55.2 Å². The Hall–Kier alpha value is -1.51. The number of oxazole rings is 1. The van der Waals surface area contributed by atoms with Crippen molar-refractivity contribution in [1.82, 2.24) is 4.98 Å². The van der Waals surface area contributed by atoms with E-state index in [-0.39, 0.29) is 0 Å². The lowest BCUT2D eigenvalue weighted by Crippen LogP contribution is -2.31. The minimum atomic E-state index is 0.447. The highest BCUT2D eigenvalue weighted by Gasteiger charge is 2.29. The summed E-state index contributed by atoms with van der Waals surface area (Å²) in [6, 6.07) is 6.80. The Kier molecular flexibility index (Phi) is 3.68. The number of nitrogens with one attached hydrogen (secondary N) is 1. The van der Waals surface area contributed by atoms with Crippen LogP contribution in [0.5, 0.6) is 0 Å². The van der Waals surface area contributed by atoms with Crippen molar-refractivity contribution in [2.45, 2.75) is 59.4 Å². The predicted molar refractivity (Wildman–Crippen MR) is 87.6 cm³/mol. The van der Waals surface area contributed by atoms with Crippen LogP contribution in [0.1, 0.15) is 52.3 Å². The van der Waals surface area contributed by atoms with Crippen molar-refractivity contribution in [2.24, 2.45) is 11.3 Å². The van der Waals surface area contributed by atoms with E-state index >= 15 is 0 Å². The zero-order chi connectivity index (χ0) is 15.0. The second kappa shape index (κ2) is 5.36. The molecule has 0 radical (unpaired) electrons. The lowest BCUT2D eigenvalue weighted by Gasteiger charge is -2.37. The molecule has 2 aromatic rings. The smallest absolute Gasteiger partial charge is 0.192 e. The van der Waals surface area contributed by atoms with Crippen molar-refractivity contribution < 1.29 is 4.42 Å². The molecule has 0 saturated heterocycles. The zero-order valence-electron chi connectivity index (χ0n) is 13.6. The molecule has 3 heteroatoms. The van der Waals surface area contributed by atoms with Crippen molar-refractivity contribution in [3.05, 3.63) is 24.1 Å². The number of aryl methyl sites for hydroxylation is 1. The number of benzene rings is 1. The normalized spacial score (nSPS) is 23.4. The minimum Gasteiger partial charge on any atom is -0.441 e. The van der Waals surface area contributed by atoms with Crippen LogP contribution in [0, 0.1) is 18.3 Å². The molecule has 1 heterocycles. The van der Waals surface area contributed by atoms with E-state index in [2.05, 4.69) is 43.2 Å². The first-order valence-electron chi connectivity index (χ1n) is 8.05. The first kappa shape index (κ1) is 14.4. The van der Waals surface area contributed by atoms with E-state index in [1.165, 1.54) is 25.7 Å². The van der Waals surface area contributed by atoms with Crippen LogP contribution in [0.4, 0.5) is 5.69 Å². The fourth-order valence-corrected chi connectivity index (χ4v) is 3.47. The maximum atomic E-state index is 5.53. The average molecular weight is 286 g/mol. The second-order valence-electron chi connectivity index (χ2n) is 7.47. The topological polar surface area (TPSA) is 38.1 Å². The molecule has 1 N–H and O–H groups in total. The summed E-state index contributed by atoms with van der Waals surface area (Å²) in [7, 11) is 0. The van der Waals surface area contributed by atoms with Gasteiger partial charge in [0, 0.05) is 18.7 Å². The number of fused-ring (bicyclic) bond motifs is 1. The summed E-state index contributed by atoms with van der Waals surface area (Å²) in [6.45, 7) is 8.99. The van der Waals surface area contributed by atoms with E-state index in [1.807, 2.05) is 13.0 Å². The maximum absolute atomic E-state index is 5.53. The van der Waals surface area contributed by atoms with Gasteiger partial charge in [0.2, 0.25) is 0 Å². The highest BCUT2D eigenvalue weighted by molar-refractivity contribution is 5.77. The molecule has 21 heavy (non-hydrogen) atoms. The number of anilines is 1. The second-order valence-corrected chi connectivity index (χ2v) is 7.47. The van der Waals surface area contributed by atoms with Crippen LogP contribution in [0.25, 0.3) is 11.1 Å². The quantitative estimate of drug-likeness (QED) is 0.829. The van der Waals surface area contributed by atoms with Gasteiger partial charge in [0.25, 0.3) is 0 Å². The number of aromatic nitrogens is 1. The van der Waals surface area contributed by atoms with E-state index in [0.29, 0.717) is 11.5 Å². The molecular weight excluding hydrogens is 260 g/mol. The van der Waals surface area contributed by atoms with Crippen LogP contribution in [0.2, 0.25) is 0 Å². The summed E-state index contributed by atoms with van der Waals surface area (Å²) in [6.07, 6.45) is 5.18. The van der Waals surface area contributed by atoms with Crippen LogP contribution < -0.4 is 5.32 Å². The zero-order valence-corrected chi connectivity index (χ0v) is 13.6. The molecule has 3 rings (SSSR count). The molecule has 114 valence electrons. The predicted octanol–water partition coefficient (Wildman–Crippen LogP) is 5.15. The molecule has 0 unspecified atom stereocenters. The van der Waals surface area contributed by atoms with Gasteiger partial charge >= 0.3 is 0 Å². The Morgan fingerprint density at radius 1 is 1.14 bits per heavy atom. The maximum Gasteiger partial charge on any atom is 0.192 e. The lowest BCUT2D eigenvalue weighted by molar-refractivity contribution is 0.173. The van der Waals surface area contributed by atoms with Crippen molar-refractivity contribution in [2.75, 3.05) is 5.32 Å². The summed E-state index contributed by atoms with van der Waals surface area (Å²) < 4.78 is 5.53. The SMILES string of the molecule is Cc1nc2cc(NC3CCC(C(C)(C)C)CC3)ccc2o1. The largest absolute Gasteiger partial charge is 0.441 e. The highest BCUT2D eigenvalue weighted by atomic mass is 16.3. The number of hydrogen-bond acceptors (Lipinski definition) is 3. The molecule has 0 amide bonds. The Bertz CT molecular complexity index is 616. The van der Waals surface area contributed by atoms with Crippen LogP contribution in [-0.4, -0.2) is 11.0 Å². The van der Waals surface area contributed by atoms with E-state index in [9.17, 15) is 0 Å². The van der Waals surface area contributed by atoms with Gasteiger partial charge in [-0.2, -0.15) is 0 Å². The van der Waals surface area contributed by atoms with E-state index in [1.54, 1.807) is 0 Å². The van der Waals surface area contributed by atoms with Gasteiger partial charge in [-0.25, -0.2) is 4.98 Å². The molecule has 1 aromatic heterocycles. The lowest BCUT2D eigenvalue weighted by atomic mass is 9.71. The third kappa shape index (κ3) is 3.22. The Balaban J connectivity index is 1.64. The van der Waals surface area contributed by atoms with Gasteiger partial charge in [-0.1, -0.05) is 20.8 Å². The van der Waals surface area contributed by atoms with Crippen LogP contribution in [-0.2, 0) is 0 Å². The van der Waals surface area contributed by atoms with Crippen molar-refractivity contribution in [3.63, 3.8) is 0 Å². The van der Waals surface area contributed by atoms with Gasteiger partial charge in [0.15, 0.2) is 11.5 Å². The standard InChI is InChI=1S/C18H26N2O/c1-12-19-16-11-15(9-10-17(16)21-12)20-14-7-5-13(6-8-14)18(2,3)4/h9-11,13-14,20H,5-8H2,1-4H3. The third-order valence-electron chi connectivity index (χ3n) is 4.82. The fourth-order valence-electron chi connectivity index (χ4n) is 3.47. The molecule has 0 atom stereocenters. The van der Waals surface area contributed by atoms with E-state index in [4.69, 9.17) is 4.42 Å². The van der Waals surface area contributed by atoms with Gasteiger partial charge in [0.05, 0.1) is 0 Å². The summed E-state index contributed by atoms with van der Waals surface area (Å²) >= 11 is 0. The van der Waals surface area contributed by atoms with Crippen LogP contribution >= 0.6 is 0 Å². The fraction of sp³-hybridized carbons (Fsp3) is 0.611. The molecule has 1 aromatic carbocycles. The molecule has 0 aliphatic heterocycles. The van der Waals surface area contributed by atoms with Gasteiger partial charge in [-0.3, -0.25) is 0 Å². The molecule has 3 nitrogen and oxygen atoms in total. The number of hydrogen-bond donors (Lipinski definition) is 1. The molecule has 1 aliphatic carbocycles. The average Bonchev–Trinajstić information content (AvgIpc) is 2.78. The summed E-state index contributed by atoms with van der Waals surface area (Å²) in [5, 5.41) is 3.67. The molecule has 0 bridgehead atoms. The Labute approximate surface area is 127 Å². The molecule has 1 fully saturated rings. The minimum absolute atomic E-state index is 0.447. The molecule has 1 aliphatic rings. The summed E-state index contributed by atoms with van der Waals surface area (Å²) in [4.78, 5) is 4.40. The first-order valence-corrected chi connectivity index (χ1v) is 8.05. The number of nitrogens with zero attached hydrogens (tertiary/aromatic N) is 1.